The van der Waals surface area contributed by atoms with E-state index in [1.54, 1.807) is 0 Å². The Kier molecular flexibility index (Phi) is 6.17. The zero-order valence-electron chi connectivity index (χ0n) is 17.6. The fourth-order valence-corrected chi connectivity index (χ4v) is 4.67. The first kappa shape index (κ1) is 24.4. The maximum atomic E-state index is 13.0. The molecular formula is C16H19N9O8S2. The Bertz CT molecular complexity index is 1320. The van der Waals surface area contributed by atoms with Gasteiger partial charge in [0.25, 0.3) is 11.8 Å². The number of carboxylic acids is 1. The van der Waals surface area contributed by atoms with Gasteiger partial charge in [-0.1, -0.05) is 10.4 Å². The number of hydrogen-bond donors (Lipinski definition) is 5. The predicted octanol–water partition coefficient (Wildman–Crippen LogP) is -2.69. The first-order valence-electron chi connectivity index (χ1n) is 9.87. The van der Waals surface area contributed by atoms with Crippen LogP contribution in [0, 0.1) is 0 Å². The van der Waals surface area contributed by atoms with E-state index in [9.17, 15) is 32.5 Å². The van der Waals surface area contributed by atoms with Gasteiger partial charge in [0, 0.05) is 31.0 Å². The third-order valence-electron chi connectivity index (χ3n) is 5.26. The average molecular weight is 530 g/mol. The number of oxime groups is 1. The lowest BCUT2D eigenvalue weighted by Crippen LogP contribution is -2.73. The molecule has 2 atom stereocenters. The van der Waals surface area contributed by atoms with Gasteiger partial charge in [-0.15, -0.1) is 16.4 Å². The summed E-state index contributed by atoms with van der Waals surface area (Å²) in [5, 5.41) is 24.2. The Morgan fingerprint density at radius 3 is 2.63 bits per heavy atom. The molecule has 0 spiro atoms. The van der Waals surface area contributed by atoms with Gasteiger partial charge in [-0.2, -0.15) is 8.42 Å². The van der Waals surface area contributed by atoms with Crippen molar-refractivity contribution in [3.63, 3.8) is 0 Å². The molecule has 2 aromatic rings. The van der Waals surface area contributed by atoms with Crippen LogP contribution in [-0.2, 0) is 42.6 Å². The van der Waals surface area contributed by atoms with Crippen LogP contribution in [0.5, 0.6) is 0 Å². The smallest absolute Gasteiger partial charge is 0.362 e. The number of rotatable bonds is 10. The van der Waals surface area contributed by atoms with Crippen molar-refractivity contribution in [2.75, 3.05) is 5.73 Å². The summed E-state index contributed by atoms with van der Waals surface area (Å²) in [6.45, 7) is -0.210. The fourth-order valence-electron chi connectivity index (χ4n) is 3.25. The normalized spacial score (nSPS) is 21.4. The summed E-state index contributed by atoms with van der Waals surface area (Å²) in [7, 11) is -4.95. The summed E-state index contributed by atoms with van der Waals surface area (Å²) < 4.78 is 34.3. The van der Waals surface area contributed by atoms with Crippen molar-refractivity contribution in [1.29, 1.82) is 0 Å². The summed E-state index contributed by atoms with van der Waals surface area (Å²) in [6, 6.07) is -2.70. The molecule has 2 aliphatic rings. The molecule has 2 unspecified atom stereocenters. The van der Waals surface area contributed by atoms with E-state index in [0.717, 1.165) is 11.3 Å². The van der Waals surface area contributed by atoms with Crippen molar-refractivity contribution in [2.24, 2.45) is 10.9 Å². The number of aromatic nitrogens is 4. The Labute approximate surface area is 200 Å². The van der Waals surface area contributed by atoms with Crippen LogP contribution in [0.2, 0.25) is 0 Å². The molecule has 19 heteroatoms. The van der Waals surface area contributed by atoms with Crippen LogP contribution in [0.4, 0.5) is 5.13 Å². The van der Waals surface area contributed by atoms with E-state index >= 15 is 0 Å². The highest BCUT2D eigenvalue weighted by molar-refractivity contribution is 7.84. The lowest BCUT2D eigenvalue weighted by atomic mass is 9.98. The predicted molar refractivity (Wildman–Crippen MR) is 116 cm³/mol. The van der Waals surface area contributed by atoms with Crippen LogP contribution >= 0.6 is 11.3 Å². The number of hydrogen-bond acceptors (Lipinski definition) is 13. The summed E-state index contributed by atoms with van der Waals surface area (Å²) in [6.07, 6.45) is 1.76. The van der Waals surface area contributed by atoms with Gasteiger partial charge in [0.1, 0.15) is 11.7 Å². The monoisotopic (exact) mass is 529 g/mol. The number of β-lactam (4-membered cyclic amide) rings is 1. The van der Waals surface area contributed by atoms with E-state index in [4.69, 9.17) is 16.3 Å². The number of nitrogens with two attached hydrogens (primary N) is 2. The van der Waals surface area contributed by atoms with Crippen LogP contribution in [0.3, 0.4) is 0 Å². The molecule has 2 amide bonds. The van der Waals surface area contributed by atoms with Crippen LogP contribution in [0.15, 0.2) is 16.7 Å². The first-order valence-corrected chi connectivity index (χ1v) is 12.1. The van der Waals surface area contributed by atoms with Crippen LogP contribution < -0.4 is 16.8 Å². The second-order valence-electron chi connectivity index (χ2n) is 7.67. The molecule has 188 valence electrons. The number of carbonyl (C=O) groups excluding carboxylic acids is 2. The van der Waals surface area contributed by atoms with E-state index < -0.39 is 51.5 Å². The minimum atomic E-state index is -4.95. The lowest BCUT2D eigenvalue weighted by molar-refractivity contribution is -0.153. The molecule has 0 aromatic carbocycles. The Morgan fingerprint density at radius 2 is 2.11 bits per heavy atom. The van der Waals surface area contributed by atoms with E-state index in [2.05, 4.69) is 25.8 Å². The molecule has 2 aromatic heterocycles. The van der Waals surface area contributed by atoms with Crippen molar-refractivity contribution < 1.29 is 37.3 Å². The summed E-state index contributed by atoms with van der Waals surface area (Å²) in [4.78, 5) is 46.0. The Hall–Kier alpha value is -3.68. The highest BCUT2D eigenvalue weighted by Crippen LogP contribution is 2.40. The van der Waals surface area contributed by atoms with Crippen molar-refractivity contribution in [3.8, 4) is 0 Å². The maximum Gasteiger partial charge on any atom is 0.362 e. The van der Waals surface area contributed by atoms with Gasteiger partial charge in [0.2, 0.25) is 5.60 Å². The van der Waals surface area contributed by atoms with Crippen molar-refractivity contribution in [3.05, 3.63) is 23.0 Å². The molecule has 1 aliphatic carbocycles. The second kappa shape index (κ2) is 8.83. The SMILES string of the molecule is NCc1cn(CC2C(NC(=O)C(=NOC3(C(=O)O)CC3)c3csc(N)n3)C(=O)N2S(=O)(=O)O)nn1. The number of carbonyl (C=O) groups is 3. The Morgan fingerprint density at radius 1 is 1.40 bits per heavy atom. The highest BCUT2D eigenvalue weighted by atomic mass is 32.2. The van der Waals surface area contributed by atoms with Crippen molar-refractivity contribution in [1.82, 2.24) is 29.6 Å². The van der Waals surface area contributed by atoms with Gasteiger partial charge in [-0.05, 0) is 0 Å². The molecule has 3 heterocycles. The molecule has 7 N–H and O–H groups in total. The van der Waals surface area contributed by atoms with Crippen molar-refractivity contribution in [2.45, 2.75) is 43.6 Å². The van der Waals surface area contributed by atoms with E-state index in [0.29, 0.717) is 5.69 Å². The first-order chi connectivity index (χ1) is 16.4. The Balaban J connectivity index is 1.58. The number of amides is 2. The zero-order chi connectivity index (χ0) is 25.5. The van der Waals surface area contributed by atoms with Gasteiger partial charge < -0.3 is 26.7 Å². The third kappa shape index (κ3) is 4.78. The van der Waals surface area contributed by atoms with Crippen molar-refractivity contribution >= 4 is 50.3 Å². The van der Waals surface area contributed by atoms with E-state index in [1.807, 2.05) is 0 Å². The number of nitrogens with zero attached hydrogens (tertiary/aromatic N) is 6. The molecule has 1 saturated heterocycles. The average Bonchev–Trinajstić information content (AvgIpc) is 3.23. The number of thiazole rings is 1. The van der Waals surface area contributed by atoms with Gasteiger partial charge in [0.15, 0.2) is 10.8 Å². The van der Waals surface area contributed by atoms with E-state index in [1.165, 1.54) is 16.3 Å². The minimum absolute atomic E-state index is 0.0509. The molecule has 0 radical (unpaired) electrons. The summed E-state index contributed by atoms with van der Waals surface area (Å²) in [5.74, 6) is -3.40. The van der Waals surface area contributed by atoms with Gasteiger partial charge in [-0.3, -0.25) is 18.8 Å². The molecule has 1 aliphatic heterocycles. The number of nitrogens with one attached hydrogen (secondary N) is 1. The number of aliphatic carboxylic acids is 1. The zero-order valence-corrected chi connectivity index (χ0v) is 19.3. The lowest BCUT2D eigenvalue weighted by Gasteiger charge is -2.43. The number of carboxylic acid groups (broad SMARTS) is 1. The van der Waals surface area contributed by atoms with E-state index in [-0.39, 0.29) is 41.1 Å². The molecule has 1 saturated carbocycles. The van der Waals surface area contributed by atoms with Gasteiger partial charge >= 0.3 is 16.3 Å². The largest absolute Gasteiger partial charge is 0.478 e. The molecular weight excluding hydrogens is 510 g/mol. The number of anilines is 1. The molecule has 17 nitrogen and oxygen atoms in total. The second-order valence-corrected chi connectivity index (χ2v) is 9.85. The summed E-state index contributed by atoms with van der Waals surface area (Å²) >= 11 is 0.973. The molecule has 4 rings (SSSR count). The highest BCUT2D eigenvalue weighted by Gasteiger charge is 2.56. The quantitative estimate of drug-likeness (QED) is 0.0910. The molecule has 0 bridgehead atoms. The third-order valence-corrected chi connectivity index (χ3v) is 6.88. The molecule has 2 fully saturated rings. The van der Waals surface area contributed by atoms with Crippen LogP contribution in [-0.4, -0.2) is 83.5 Å². The van der Waals surface area contributed by atoms with Gasteiger partial charge in [-0.25, -0.2) is 14.1 Å². The molecule has 35 heavy (non-hydrogen) atoms. The van der Waals surface area contributed by atoms with Crippen LogP contribution in [0.25, 0.3) is 0 Å². The maximum absolute atomic E-state index is 13.0. The topological polar surface area (TPSA) is 258 Å². The van der Waals surface area contributed by atoms with Gasteiger partial charge in [0.05, 0.1) is 18.3 Å². The van der Waals surface area contributed by atoms with Crippen LogP contribution in [0.1, 0.15) is 24.2 Å². The fraction of sp³-hybridized carbons (Fsp3) is 0.438. The number of nitrogen functional groups attached to an aromatic ring is 1. The standard InChI is InChI=1S/C16H19N9O8S2/c17-3-7-4-24(23-21-7)5-9-11(13(27)25(9)35(30,31)32)20-12(26)10(8-6-34-15(18)19-8)22-33-16(1-2-16)14(28)29/h4,6,9,11H,1-3,5,17H2,(H2,18,19)(H,20,26)(H,28,29)(H,30,31,32). The summed E-state index contributed by atoms with van der Waals surface area (Å²) in [5.41, 5.74) is 9.37. The minimum Gasteiger partial charge on any atom is -0.478 e.